The molecule has 1 aliphatic rings. The van der Waals surface area contributed by atoms with Crippen LogP contribution in [-0.2, 0) is 4.74 Å². The zero-order chi connectivity index (χ0) is 15.8. The lowest BCUT2D eigenvalue weighted by molar-refractivity contribution is 0.264. The average Bonchev–Trinajstić information content (AvgIpc) is 2.42. The number of hydrogen-bond donors (Lipinski definition) is 3. The molecule has 0 radical (unpaired) electrons. The van der Waals surface area contributed by atoms with E-state index in [4.69, 9.17) is 22.1 Å². The Bertz CT molecular complexity index is 230. The van der Waals surface area contributed by atoms with Gasteiger partial charge in [0, 0.05) is 13.1 Å². The molecule has 0 aromatic heterocycles. The molecule has 1 aliphatic heterocycles. The fourth-order valence-corrected chi connectivity index (χ4v) is 1.87. The fourth-order valence-electron chi connectivity index (χ4n) is 1.50. The molecule has 5 nitrogen and oxygen atoms in total. The Kier molecular flexibility index (Phi) is 17.7. The van der Waals surface area contributed by atoms with Crippen LogP contribution >= 0.6 is 24.4 Å². The average molecular weight is 324 g/mol. The molecule has 1 fully saturated rings. The second-order valence-corrected chi connectivity index (χ2v) is 4.79. The second kappa shape index (κ2) is 16.4. The normalized spacial score (nSPS) is 12.9. The summed E-state index contributed by atoms with van der Waals surface area (Å²) < 4.78 is 5.14. The van der Waals surface area contributed by atoms with Crippen molar-refractivity contribution in [3.63, 3.8) is 0 Å². The van der Waals surface area contributed by atoms with Crippen LogP contribution in [0.3, 0.4) is 0 Å². The number of aliphatic hydroxyl groups is 1. The highest BCUT2D eigenvalue weighted by molar-refractivity contribution is 7.80. The van der Waals surface area contributed by atoms with Crippen molar-refractivity contribution >= 4 is 34.8 Å². The van der Waals surface area contributed by atoms with Crippen LogP contribution in [0.2, 0.25) is 0 Å². The second-order valence-electron chi connectivity index (χ2n) is 4.02. The van der Waals surface area contributed by atoms with Crippen LogP contribution in [0, 0.1) is 0 Å². The molecule has 1 saturated heterocycles. The van der Waals surface area contributed by atoms with E-state index >= 15 is 0 Å². The van der Waals surface area contributed by atoms with Crippen LogP contribution in [0.25, 0.3) is 0 Å². The summed E-state index contributed by atoms with van der Waals surface area (Å²) in [6, 6.07) is 0. The van der Waals surface area contributed by atoms with Crippen molar-refractivity contribution in [2.45, 2.75) is 40.0 Å². The molecule has 0 spiro atoms. The van der Waals surface area contributed by atoms with Gasteiger partial charge in [-0.3, -0.25) is 0 Å². The number of piperidine rings is 1. The predicted molar refractivity (Wildman–Crippen MR) is 93.3 cm³/mol. The SMILES string of the molecule is C1CCNCC1.CCOC(=S)N(CC)CC.NC(O)=S. The zero-order valence-electron chi connectivity index (χ0n) is 12.9. The first-order valence-corrected chi connectivity index (χ1v) is 7.91. The van der Waals surface area contributed by atoms with Gasteiger partial charge >= 0.3 is 0 Å². The number of rotatable bonds is 3. The summed E-state index contributed by atoms with van der Waals surface area (Å²) in [7, 11) is 0. The van der Waals surface area contributed by atoms with Crippen LogP contribution in [0.1, 0.15) is 40.0 Å². The number of hydrogen-bond acceptors (Lipinski definition) is 4. The lowest BCUT2D eigenvalue weighted by Gasteiger charge is -2.20. The number of nitrogens with two attached hydrogens (primary N) is 1. The lowest BCUT2D eigenvalue weighted by atomic mass is 10.2. The number of nitrogens with zero attached hydrogens (tertiary/aromatic N) is 1. The Labute approximate surface area is 133 Å². The van der Waals surface area contributed by atoms with Crippen molar-refractivity contribution in [3.8, 4) is 0 Å². The molecule has 0 bridgehead atoms. The van der Waals surface area contributed by atoms with Gasteiger partial charge in [0.1, 0.15) is 0 Å². The molecule has 1 rings (SSSR count). The minimum atomic E-state index is -0.500. The maximum absolute atomic E-state index is 7.56. The molecule has 7 heteroatoms. The summed E-state index contributed by atoms with van der Waals surface area (Å²) in [5, 5.41) is 11.0. The smallest absolute Gasteiger partial charge is 0.259 e. The lowest BCUT2D eigenvalue weighted by Crippen LogP contribution is -2.30. The predicted octanol–water partition coefficient (Wildman–Crippen LogP) is 2.20. The van der Waals surface area contributed by atoms with E-state index in [0.717, 1.165) is 13.1 Å². The van der Waals surface area contributed by atoms with Crippen molar-refractivity contribution < 1.29 is 9.84 Å². The topological polar surface area (TPSA) is 70.8 Å². The summed E-state index contributed by atoms with van der Waals surface area (Å²) in [5.41, 5.74) is 4.40. The summed E-state index contributed by atoms with van der Waals surface area (Å²) >= 11 is 8.85. The van der Waals surface area contributed by atoms with Gasteiger partial charge in [0.2, 0.25) is 0 Å². The van der Waals surface area contributed by atoms with Crippen molar-refractivity contribution in [1.29, 1.82) is 0 Å². The molecule has 0 unspecified atom stereocenters. The van der Waals surface area contributed by atoms with Crippen molar-refractivity contribution in [3.05, 3.63) is 0 Å². The molecule has 4 N–H and O–H groups in total. The first kappa shape index (κ1) is 21.6. The molecular formula is C13H29N3O2S2. The third-order valence-electron chi connectivity index (χ3n) is 2.50. The van der Waals surface area contributed by atoms with E-state index in [2.05, 4.69) is 37.1 Å². The highest BCUT2D eigenvalue weighted by atomic mass is 32.1. The molecule has 20 heavy (non-hydrogen) atoms. The van der Waals surface area contributed by atoms with Gasteiger partial charge in [0.25, 0.3) is 10.3 Å². The van der Waals surface area contributed by atoms with Crippen molar-refractivity contribution in [2.75, 3.05) is 32.8 Å². The standard InChI is InChI=1S/C7H15NOS.C5H11N.CH3NOS/c1-4-8(5-2)7(10)9-6-3;1-2-4-6-5-3-1;2-1(3)4/h4-6H2,1-3H3;6H,1-5H2;(H3,2,3,4). The maximum Gasteiger partial charge on any atom is 0.259 e. The van der Waals surface area contributed by atoms with E-state index in [1.54, 1.807) is 0 Å². The highest BCUT2D eigenvalue weighted by Gasteiger charge is 2.03. The fraction of sp³-hybridized carbons (Fsp3) is 0.846. The quantitative estimate of drug-likeness (QED) is 0.688. The number of thiocarbonyl (C=S) groups is 2. The molecular weight excluding hydrogens is 294 g/mol. The maximum atomic E-state index is 7.56. The van der Waals surface area contributed by atoms with Gasteiger partial charge in [-0.15, -0.1) is 0 Å². The zero-order valence-corrected chi connectivity index (χ0v) is 14.5. The Morgan fingerprint density at radius 2 is 1.60 bits per heavy atom. The monoisotopic (exact) mass is 323 g/mol. The molecule has 0 aromatic rings. The van der Waals surface area contributed by atoms with Gasteiger partial charge in [-0.2, -0.15) is 0 Å². The number of aliphatic hydroxyl groups excluding tert-OH is 1. The molecule has 0 amide bonds. The highest BCUT2D eigenvalue weighted by Crippen LogP contribution is 1.96. The molecule has 0 aromatic carbocycles. The van der Waals surface area contributed by atoms with Gasteiger partial charge in [-0.05, 0) is 71.1 Å². The van der Waals surface area contributed by atoms with Gasteiger partial charge < -0.3 is 25.8 Å². The van der Waals surface area contributed by atoms with Gasteiger partial charge in [-0.25, -0.2) is 0 Å². The molecule has 120 valence electrons. The van der Waals surface area contributed by atoms with E-state index in [9.17, 15) is 0 Å². The third kappa shape index (κ3) is 17.3. The Morgan fingerprint density at radius 3 is 1.80 bits per heavy atom. The Morgan fingerprint density at radius 1 is 1.15 bits per heavy atom. The van der Waals surface area contributed by atoms with Crippen LogP contribution in [0.5, 0.6) is 0 Å². The van der Waals surface area contributed by atoms with Gasteiger partial charge in [0.05, 0.1) is 6.61 Å². The molecule has 0 saturated carbocycles. The molecule has 0 atom stereocenters. The third-order valence-corrected chi connectivity index (χ3v) is 2.87. The minimum Gasteiger partial charge on any atom is -0.487 e. The van der Waals surface area contributed by atoms with E-state index in [0.29, 0.717) is 11.8 Å². The van der Waals surface area contributed by atoms with E-state index < -0.39 is 5.17 Å². The van der Waals surface area contributed by atoms with Gasteiger partial charge in [0.15, 0.2) is 0 Å². The first-order chi connectivity index (χ1) is 9.49. The largest absolute Gasteiger partial charge is 0.487 e. The summed E-state index contributed by atoms with van der Waals surface area (Å²) in [5.74, 6) is 0. The van der Waals surface area contributed by atoms with E-state index in [-0.39, 0.29) is 0 Å². The van der Waals surface area contributed by atoms with Crippen LogP contribution in [-0.4, -0.2) is 53.1 Å². The Balaban J connectivity index is 0. The number of nitrogens with one attached hydrogen (secondary N) is 1. The Hall–Kier alpha value is -0.660. The van der Waals surface area contributed by atoms with E-state index in [1.165, 1.54) is 32.4 Å². The van der Waals surface area contributed by atoms with Crippen molar-refractivity contribution in [2.24, 2.45) is 5.73 Å². The summed E-state index contributed by atoms with van der Waals surface area (Å²) in [6.07, 6.45) is 4.22. The van der Waals surface area contributed by atoms with Crippen LogP contribution in [0.15, 0.2) is 0 Å². The molecule has 1 heterocycles. The van der Waals surface area contributed by atoms with Crippen molar-refractivity contribution in [1.82, 2.24) is 10.2 Å². The number of ether oxygens (including phenoxy) is 1. The van der Waals surface area contributed by atoms with Crippen LogP contribution < -0.4 is 11.1 Å². The summed E-state index contributed by atoms with van der Waals surface area (Å²) in [6.45, 7) is 11.1. The van der Waals surface area contributed by atoms with Crippen LogP contribution in [0.4, 0.5) is 0 Å². The minimum absolute atomic E-state index is 0.500. The van der Waals surface area contributed by atoms with E-state index in [1.807, 2.05) is 11.8 Å². The molecule has 0 aliphatic carbocycles. The first-order valence-electron chi connectivity index (χ1n) is 7.10. The summed E-state index contributed by atoms with van der Waals surface area (Å²) in [4.78, 5) is 2.01. The van der Waals surface area contributed by atoms with Gasteiger partial charge in [-0.1, -0.05) is 6.42 Å².